The van der Waals surface area contributed by atoms with E-state index in [9.17, 15) is 4.79 Å². The maximum Gasteiger partial charge on any atom is 0.232 e. The topological polar surface area (TPSA) is 39.2 Å². The summed E-state index contributed by atoms with van der Waals surface area (Å²) in [5, 5.41) is 0.367. The van der Waals surface area contributed by atoms with Crippen LogP contribution in [0.1, 0.15) is 31.1 Å². The smallest absolute Gasteiger partial charge is 0.232 e. The van der Waals surface area contributed by atoms with Crippen LogP contribution in [0.25, 0.3) is 0 Å². The molecule has 1 aromatic heterocycles. The molecular formula is C10H12ClNO2. The molecule has 1 heterocycles. The van der Waals surface area contributed by atoms with Crippen LogP contribution in [0, 0.1) is 0 Å². The molecule has 0 unspecified atom stereocenters. The van der Waals surface area contributed by atoms with Crippen LogP contribution in [-0.2, 0) is 0 Å². The normalized spacial score (nSPS) is 10.4. The second-order valence-corrected chi connectivity index (χ2v) is 3.64. The third-order valence-electron chi connectivity index (χ3n) is 1.56. The third-order valence-corrected chi connectivity index (χ3v) is 1.83. The molecule has 0 saturated carbocycles. The molecule has 0 fully saturated rings. The van der Waals surface area contributed by atoms with Crippen molar-refractivity contribution in [2.75, 3.05) is 0 Å². The van der Waals surface area contributed by atoms with Gasteiger partial charge in [-0.15, -0.1) is 0 Å². The molecule has 76 valence electrons. The summed E-state index contributed by atoms with van der Waals surface area (Å²) < 4.78 is 5.33. The van der Waals surface area contributed by atoms with Crippen LogP contribution in [0.4, 0.5) is 0 Å². The first-order valence-corrected chi connectivity index (χ1v) is 4.71. The minimum absolute atomic E-state index is 0.0168. The highest BCUT2D eigenvalue weighted by Gasteiger charge is 2.08. The number of ether oxygens (including phenoxy) is 1. The van der Waals surface area contributed by atoms with Gasteiger partial charge in [-0.3, -0.25) is 4.79 Å². The van der Waals surface area contributed by atoms with Gasteiger partial charge in [-0.05, 0) is 26.8 Å². The summed E-state index contributed by atoms with van der Waals surface area (Å²) in [6, 6.07) is 1.56. The average Bonchev–Trinajstić information content (AvgIpc) is 2.07. The Morgan fingerprint density at radius 3 is 2.64 bits per heavy atom. The summed E-state index contributed by atoms with van der Waals surface area (Å²) in [5.41, 5.74) is 0.492. The molecule has 0 aromatic carbocycles. The zero-order valence-corrected chi connectivity index (χ0v) is 9.13. The minimum atomic E-state index is -0.0597. The zero-order valence-electron chi connectivity index (χ0n) is 8.37. The minimum Gasteiger partial charge on any atom is -0.474 e. The number of ketones is 1. The van der Waals surface area contributed by atoms with Crippen LogP contribution in [0.15, 0.2) is 12.3 Å². The molecule has 0 saturated heterocycles. The fourth-order valence-electron chi connectivity index (χ4n) is 0.928. The van der Waals surface area contributed by atoms with Gasteiger partial charge in [0.15, 0.2) is 5.78 Å². The van der Waals surface area contributed by atoms with E-state index < -0.39 is 0 Å². The van der Waals surface area contributed by atoms with Crippen LogP contribution in [0.2, 0.25) is 5.02 Å². The van der Waals surface area contributed by atoms with Crippen LogP contribution >= 0.6 is 11.6 Å². The van der Waals surface area contributed by atoms with Crippen molar-refractivity contribution in [3.05, 3.63) is 22.8 Å². The second kappa shape index (κ2) is 4.42. The number of hydrogen-bond acceptors (Lipinski definition) is 3. The molecule has 0 atom stereocenters. The van der Waals surface area contributed by atoms with Gasteiger partial charge >= 0.3 is 0 Å². The van der Waals surface area contributed by atoms with Crippen molar-refractivity contribution < 1.29 is 9.53 Å². The van der Waals surface area contributed by atoms with E-state index in [-0.39, 0.29) is 11.9 Å². The van der Waals surface area contributed by atoms with Gasteiger partial charge in [0.1, 0.15) is 5.02 Å². The van der Waals surface area contributed by atoms with Crippen molar-refractivity contribution in [1.29, 1.82) is 0 Å². The Kier molecular flexibility index (Phi) is 3.47. The van der Waals surface area contributed by atoms with Crippen molar-refractivity contribution in [3.8, 4) is 5.88 Å². The quantitative estimate of drug-likeness (QED) is 0.725. The number of carbonyl (C=O) groups excluding carboxylic acids is 1. The molecular weight excluding hydrogens is 202 g/mol. The Bertz CT molecular complexity index is 350. The van der Waals surface area contributed by atoms with E-state index in [0.29, 0.717) is 16.5 Å². The Morgan fingerprint density at radius 2 is 2.21 bits per heavy atom. The highest BCUT2D eigenvalue weighted by Crippen LogP contribution is 2.23. The molecule has 0 aliphatic heterocycles. The molecule has 0 N–H and O–H groups in total. The highest BCUT2D eigenvalue weighted by molar-refractivity contribution is 6.32. The Morgan fingerprint density at radius 1 is 1.57 bits per heavy atom. The standard InChI is InChI=1S/C10H12ClNO2/c1-6(2)14-10-9(11)4-8(5-12-10)7(3)13/h4-6H,1-3H3. The Balaban J connectivity index is 2.95. The predicted molar refractivity (Wildman–Crippen MR) is 55.0 cm³/mol. The van der Waals surface area contributed by atoms with Crippen molar-refractivity contribution in [2.24, 2.45) is 0 Å². The third kappa shape index (κ3) is 2.70. The molecule has 14 heavy (non-hydrogen) atoms. The fraction of sp³-hybridized carbons (Fsp3) is 0.400. The van der Waals surface area contributed by atoms with Crippen molar-refractivity contribution in [1.82, 2.24) is 4.98 Å². The molecule has 0 radical (unpaired) electrons. The zero-order chi connectivity index (χ0) is 10.7. The summed E-state index contributed by atoms with van der Waals surface area (Å²) in [4.78, 5) is 15.0. The number of Topliss-reactive ketones (excluding diaryl/α,β-unsaturated/α-hetero) is 1. The van der Waals surface area contributed by atoms with Crippen LogP contribution in [-0.4, -0.2) is 16.9 Å². The van der Waals surface area contributed by atoms with E-state index in [4.69, 9.17) is 16.3 Å². The van der Waals surface area contributed by atoms with Gasteiger partial charge in [0.25, 0.3) is 0 Å². The van der Waals surface area contributed by atoms with Crippen molar-refractivity contribution in [3.63, 3.8) is 0 Å². The van der Waals surface area contributed by atoms with Gasteiger partial charge < -0.3 is 4.74 Å². The van der Waals surface area contributed by atoms with Crippen LogP contribution in [0.3, 0.4) is 0 Å². The number of halogens is 1. The number of pyridine rings is 1. The number of carbonyl (C=O) groups is 1. The summed E-state index contributed by atoms with van der Waals surface area (Å²) in [5.74, 6) is 0.308. The van der Waals surface area contributed by atoms with E-state index in [0.717, 1.165) is 0 Å². The number of rotatable bonds is 3. The first-order chi connectivity index (χ1) is 6.50. The number of nitrogens with zero attached hydrogens (tertiary/aromatic N) is 1. The molecule has 3 nitrogen and oxygen atoms in total. The molecule has 0 bridgehead atoms. The van der Waals surface area contributed by atoms with Gasteiger partial charge in [-0.25, -0.2) is 4.98 Å². The Hall–Kier alpha value is -1.09. The number of aromatic nitrogens is 1. The molecule has 0 spiro atoms. The largest absolute Gasteiger partial charge is 0.474 e. The summed E-state index contributed by atoms with van der Waals surface area (Å²) in [6.45, 7) is 5.24. The highest BCUT2D eigenvalue weighted by atomic mass is 35.5. The van der Waals surface area contributed by atoms with Crippen molar-refractivity contribution in [2.45, 2.75) is 26.9 Å². The molecule has 1 aromatic rings. The maximum atomic E-state index is 11.0. The van der Waals surface area contributed by atoms with Crippen LogP contribution in [0.5, 0.6) is 5.88 Å². The summed E-state index contributed by atoms with van der Waals surface area (Å²) in [7, 11) is 0. The van der Waals surface area contributed by atoms with Gasteiger partial charge in [-0.1, -0.05) is 11.6 Å². The van der Waals surface area contributed by atoms with E-state index in [1.807, 2.05) is 13.8 Å². The SMILES string of the molecule is CC(=O)c1cnc(OC(C)C)c(Cl)c1. The monoisotopic (exact) mass is 213 g/mol. The van der Waals surface area contributed by atoms with E-state index >= 15 is 0 Å². The Labute approximate surface area is 88.1 Å². The second-order valence-electron chi connectivity index (χ2n) is 3.23. The molecule has 4 heteroatoms. The first-order valence-electron chi connectivity index (χ1n) is 4.34. The molecule has 0 aliphatic carbocycles. The van der Waals surface area contributed by atoms with Crippen molar-refractivity contribution >= 4 is 17.4 Å². The lowest BCUT2D eigenvalue weighted by molar-refractivity contribution is 0.101. The lowest BCUT2D eigenvalue weighted by Crippen LogP contribution is -2.07. The van der Waals surface area contributed by atoms with Gasteiger partial charge in [-0.2, -0.15) is 0 Å². The van der Waals surface area contributed by atoms with Gasteiger partial charge in [0.2, 0.25) is 5.88 Å². The van der Waals surface area contributed by atoms with Crippen LogP contribution < -0.4 is 4.74 Å². The fourth-order valence-corrected chi connectivity index (χ4v) is 1.14. The molecule has 0 aliphatic rings. The summed E-state index contributed by atoms with van der Waals surface area (Å²) in [6.07, 6.45) is 1.48. The first kappa shape index (κ1) is 11.0. The van der Waals surface area contributed by atoms with E-state index in [2.05, 4.69) is 4.98 Å². The molecule has 0 amide bonds. The van der Waals surface area contributed by atoms with Gasteiger partial charge in [0.05, 0.1) is 6.10 Å². The predicted octanol–water partition coefficient (Wildman–Crippen LogP) is 2.72. The summed E-state index contributed by atoms with van der Waals surface area (Å²) >= 11 is 5.88. The van der Waals surface area contributed by atoms with Gasteiger partial charge in [0, 0.05) is 11.8 Å². The number of hydrogen-bond donors (Lipinski definition) is 0. The average molecular weight is 214 g/mol. The maximum absolute atomic E-state index is 11.0. The lowest BCUT2D eigenvalue weighted by atomic mass is 10.2. The lowest BCUT2D eigenvalue weighted by Gasteiger charge is -2.09. The molecule has 1 rings (SSSR count). The van der Waals surface area contributed by atoms with E-state index in [1.165, 1.54) is 13.1 Å². The van der Waals surface area contributed by atoms with E-state index in [1.54, 1.807) is 6.07 Å².